The van der Waals surface area contributed by atoms with Gasteiger partial charge in [-0.2, -0.15) is 0 Å². The first kappa shape index (κ1) is 31.7. The standard InChI is InChI=1S/C54H34N2O/c1-2-12-39(13-3-1)56-51-18-8-6-15-44(51)49-34-37(25-32-52(49)56)35-23-26-40(27-24-35)55(41-28-29-43-38(33-41)22-21-36-11-4-5-14-42(36)43)50-19-10-17-47-45(50)30-31-48-46-16-7-9-20-53(46)57-54(47)48/h1-34H. The molecule has 266 valence electrons. The molecular weight excluding hydrogens is 693 g/mol. The minimum atomic E-state index is 0.905. The largest absolute Gasteiger partial charge is 0.455 e. The molecule has 3 nitrogen and oxygen atoms in total. The lowest BCUT2D eigenvalue weighted by molar-refractivity contribution is 0.672. The summed E-state index contributed by atoms with van der Waals surface area (Å²) in [6.45, 7) is 0. The van der Waals surface area contributed by atoms with Crippen molar-refractivity contribution in [2.45, 2.75) is 0 Å². The molecule has 0 fully saturated rings. The van der Waals surface area contributed by atoms with Crippen LogP contribution in [0.15, 0.2) is 211 Å². The number of anilines is 3. The molecule has 0 bridgehead atoms. The summed E-state index contributed by atoms with van der Waals surface area (Å²) in [6, 6.07) is 74.6. The van der Waals surface area contributed by atoms with Crippen molar-refractivity contribution in [1.82, 2.24) is 4.57 Å². The van der Waals surface area contributed by atoms with Crippen LogP contribution in [0.4, 0.5) is 17.1 Å². The Kier molecular flexibility index (Phi) is 6.93. The van der Waals surface area contributed by atoms with Crippen molar-refractivity contribution < 1.29 is 4.42 Å². The van der Waals surface area contributed by atoms with E-state index in [2.05, 4.69) is 210 Å². The van der Waals surface area contributed by atoms with Crippen molar-refractivity contribution in [3.63, 3.8) is 0 Å². The van der Waals surface area contributed by atoms with E-state index in [4.69, 9.17) is 4.42 Å². The van der Waals surface area contributed by atoms with E-state index in [1.165, 1.54) is 54.5 Å². The fraction of sp³-hybridized carbons (Fsp3) is 0. The number of fused-ring (bicyclic) bond motifs is 11. The summed E-state index contributed by atoms with van der Waals surface area (Å²) in [5, 5.41) is 12.0. The maximum atomic E-state index is 6.54. The molecule has 0 aliphatic rings. The molecular formula is C54H34N2O. The molecule has 12 aromatic rings. The van der Waals surface area contributed by atoms with Crippen LogP contribution in [0.3, 0.4) is 0 Å². The lowest BCUT2D eigenvalue weighted by Crippen LogP contribution is -2.10. The van der Waals surface area contributed by atoms with Crippen molar-refractivity contribution in [1.29, 1.82) is 0 Å². The molecule has 0 saturated carbocycles. The smallest absolute Gasteiger partial charge is 0.143 e. The van der Waals surface area contributed by atoms with Gasteiger partial charge in [0.25, 0.3) is 0 Å². The summed E-state index contributed by atoms with van der Waals surface area (Å²) in [6.07, 6.45) is 0. The van der Waals surface area contributed by atoms with Crippen LogP contribution in [-0.2, 0) is 0 Å². The van der Waals surface area contributed by atoms with Gasteiger partial charge in [-0.05, 0) is 105 Å². The summed E-state index contributed by atoms with van der Waals surface area (Å²) in [4.78, 5) is 2.39. The maximum Gasteiger partial charge on any atom is 0.143 e. The number of aromatic nitrogens is 1. The van der Waals surface area contributed by atoms with Gasteiger partial charge in [0.05, 0.1) is 16.7 Å². The third kappa shape index (κ3) is 4.92. The monoisotopic (exact) mass is 726 g/mol. The molecule has 0 aliphatic carbocycles. The summed E-state index contributed by atoms with van der Waals surface area (Å²) in [7, 11) is 0. The highest BCUT2D eigenvalue weighted by Crippen LogP contribution is 2.44. The van der Waals surface area contributed by atoms with E-state index < -0.39 is 0 Å². The van der Waals surface area contributed by atoms with Crippen LogP contribution in [0.2, 0.25) is 0 Å². The maximum absolute atomic E-state index is 6.54. The van der Waals surface area contributed by atoms with Gasteiger partial charge in [-0.1, -0.05) is 133 Å². The van der Waals surface area contributed by atoms with E-state index in [9.17, 15) is 0 Å². The molecule has 0 aliphatic heterocycles. The highest BCUT2D eigenvalue weighted by molar-refractivity contribution is 6.18. The Morgan fingerprint density at radius 2 is 0.982 bits per heavy atom. The third-order valence-electron chi connectivity index (χ3n) is 11.8. The predicted molar refractivity (Wildman–Crippen MR) is 241 cm³/mol. The van der Waals surface area contributed by atoms with Crippen molar-refractivity contribution in [2.75, 3.05) is 4.90 Å². The Hall–Kier alpha value is -7.62. The van der Waals surface area contributed by atoms with Crippen LogP contribution in [0, 0.1) is 0 Å². The molecule has 0 unspecified atom stereocenters. The normalized spacial score (nSPS) is 11.9. The van der Waals surface area contributed by atoms with Gasteiger partial charge in [-0.3, -0.25) is 0 Å². The highest BCUT2D eigenvalue weighted by atomic mass is 16.3. The lowest BCUT2D eigenvalue weighted by atomic mass is 9.99. The topological polar surface area (TPSA) is 21.3 Å². The molecule has 2 heterocycles. The molecule has 0 saturated heterocycles. The van der Waals surface area contributed by atoms with Crippen LogP contribution < -0.4 is 4.90 Å². The van der Waals surface area contributed by atoms with Crippen LogP contribution in [-0.4, -0.2) is 4.57 Å². The quantitative estimate of drug-likeness (QED) is 0.165. The molecule has 57 heavy (non-hydrogen) atoms. The number of hydrogen-bond acceptors (Lipinski definition) is 2. The zero-order chi connectivity index (χ0) is 37.5. The van der Waals surface area contributed by atoms with Crippen LogP contribution in [0.25, 0.3) is 92.9 Å². The summed E-state index contributed by atoms with van der Waals surface area (Å²) >= 11 is 0. The molecule has 0 spiro atoms. The fourth-order valence-electron chi connectivity index (χ4n) is 9.10. The number of benzene rings is 10. The van der Waals surface area contributed by atoms with E-state index >= 15 is 0 Å². The molecule has 0 radical (unpaired) electrons. The molecule has 3 heteroatoms. The van der Waals surface area contributed by atoms with E-state index in [-0.39, 0.29) is 0 Å². The average Bonchev–Trinajstić information content (AvgIpc) is 3.83. The minimum Gasteiger partial charge on any atom is -0.455 e. The third-order valence-corrected chi connectivity index (χ3v) is 11.8. The fourth-order valence-corrected chi connectivity index (χ4v) is 9.10. The van der Waals surface area contributed by atoms with Crippen molar-refractivity contribution in [3.05, 3.63) is 206 Å². The number of para-hydroxylation sites is 3. The Balaban J connectivity index is 1.02. The second kappa shape index (κ2) is 12.5. The van der Waals surface area contributed by atoms with Crippen molar-refractivity contribution in [3.8, 4) is 16.8 Å². The summed E-state index contributed by atoms with van der Waals surface area (Å²) in [5.74, 6) is 0. The summed E-state index contributed by atoms with van der Waals surface area (Å²) < 4.78 is 8.91. The summed E-state index contributed by atoms with van der Waals surface area (Å²) in [5.41, 5.74) is 11.0. The van der Waals surface area contributed by atoms with Crippen molar-refractivity contribution >= 4 is 93.1 Å². The van der Waals surface area contributed by atoms with E-state index in [1.54, 1.807) is 0 Å². The number of rotatable bonds is 5. The number of furan rings is 1. The molecule has 0 amide bonds. The lowest BCUT2D eigenvalue weighted by Gasteiger charge is -2.27. The van der Waals surface area contributed by atoms with Crippen molar-refractivity contribution in [2.24, 2.45) is 0 Å². The van der Waals surface area contributed by atoms with Gasteiger partial charge in [0.2, 0.25) is 0 Å². The van der Waals surface area contributed by atoms with Gasteiger partial charge in [-0.25, -0.2) is 0 Å². The first-order chi connectivity index (χ1) is 28.3. The average molecular weight is 727 g/mol. The van der Waals surface area contributed by atoms with Gasteiger partial charge in [-0.15, -0.1) is 0 Å². The van der Waals surface area contributed by atoms with Crippen LogP contribution in [0.5, 0.6) is 0 Å². The Bertz CT molecular complexity index is 3520. The van der Waals surface area contributed by atoms with Gasteiger partial charge in [0.15, 0.2) is 0 Å². The number of hydrogen-bond donors (Lipinski definition) is 0. The second-order valence-corrected chi connectivity index (χ2v) is 14.9. The molecule has 10 aromatic carbocycles. The van der Waals surface area contributed by atoms with E-state index in [0.717, 1.165) is 55.5 Å². The van der Waals surface area contributed by atoms with E-state index in [1.807, 2.05) is 6.07 Å². The Morgan fingerprint density at radius 1 is 0.351 bits per heavy atom. The van der Waals surface area contributed by atoms with Gasteiger partial charge in [0.1, 0.15) is 11.2 Å². The van der Waals surface area contributed by atoms with Crippen LogP contribution >= 0.6 is 0 Å². The zero-order valence-corrected chi connectivity index (χ0v) is 30.9. The number of nitrogens with zero attached hydrogens (tertiary/aromatic N) is 2. The predicted octanol–water partition coefficient (Wildman–Crippen LogP) is 15.3. The first-order valence-corrected chi connectivity index (χ1v) is 19.5. The molecule has 0 N–H and O–H groups in total. The Labute approximate surface area is 328 Å². The van der Waals surface area contributed by atoms with Gasteiger partial charge < -0.3 is 13.9 Å². The van der Waals surface area contributed by atoms with Gasteiger partial charge in [0, 0.05) is 49.4 Å². The highest BCUT2D eigenvalue weighted by Gasteiger charge is 2.20. The second-order valence-electron chi connectivity index (χ2n) is 14.9. The minimum absolute atomic E-state index is 0.905. The van der Waals surface area contributed by atoms with E-state index in [0.29, 0.717) is 0 Å². The molecule has 0 atom stereocenters. The first-order valence-electron chi connectivity index (χ1n) is 19.5. The Morgan fingerprint density at radius 3 is 1.88 bits per heavy atom. The molecule has 2 aromatic heterocycles. The molecule has 12 rings (SSSR count). The SMILES string of the molecule is c1ccc(-n2c3ccccc3c3cc(-c4ccc(N(c5ccc6c(ccc7ccccc76)c5)c5cccc6c5ccc5c7ccccc7oc65)cc4)ccc32)cc1. The van der Waals surface area contributed by atoms with Gasteiger partial charge >= 0.3 is 0 Å². The van der Waals surface area contributed by atoms with Crippen LogP contribution in [0.1, 0.15) is 0 Å². The zero-order valence-electron chi connectivity index (χ0n) is 30.9.